The molecule has 144 valence electrons. The first-order chi connectivity index (χ1) is 13.6. The SMILES string of the molecule is CCCCCn1nc(C(=O)NNC(=O)c2ccncc2)c2ccccc2c1=O. The quantitative estimate of drug-likeness (QED) is 0.504. The van der Waals surface area contributed by atoms with Gasteiger partial charge in [-0.3, -0.25) is 30.2 Å². The maximum absolute atomic E-state index is 12.7. The molecule has 0 fully saturated rings. The highest BCUT2D eigenvalue weighted by atomic mass is 16.2. The average Bonchev–Trinajstić information content (AvgIpc) is 2.74. The van der Waals surface area contributed by atoms with Crippen molar-refractivity contribution >= 4 is 22.6 Å². The van der Waals surface area contributed by atoms with Crippen molar-refractivity contribution in [3.63, 3.8) is 0 Å². The summed E-state index contributed by atoms with van der Waals surface area (Å²) in [6, 6.07) is 9.87. The molecule has 0 aliphatic heterocycles. The van der Waals surface area contributed by atoms with Crippen LogP contribution in [0.25, 0.3) is 10.8 Å². The lowest BCUT2D eigenvalue weighted by atomic mass is 10.1. The van der Waals surface area contributed by atoms with Gasteiger partial charge in [0.25, 0.3) is 17.4 Å². The number of rotatable bonds is 6. The number of hydrogen-bond donors (Lipinski definition) is 2. The van der Waals surface area contributed by atoms with Gasteiger partial charge in [0.1, 0.15) is 0 Å². The average molecular weight is 379 g/mol. The van der Waals surface area contributed by atoms with Gasteiger partial charge in [0.2, 0.25) is 0 Å². The molecule has 28 heavy (non-hydrogen) atoms. The Balaban J connectivity index is 1.86. The Morgan fingerprint density at radius 3 is 2.36 bits per heavy atom. The highest BCUT2D eigenvalue weighted by molar-refractivity contribution is 6.06. The number of nitrogens with one attached hydrogen (secondary N) is 2. The van der Waals surface area contributed by atoms with Gasteiger partial charge in [-0.25, -0.2) is 4.68 Å². The van der Waals surface area contributed by atoms with Crippen LogP contribution in [0.3, 0.4) is 0 Å². The first-order valence-electron chi connectivity index (χ1n) is 9.12. The maximum atomic E-state index is 12.7. The second kappa shape index (κ2) is 8.90. The van der Waals surface area contributed by atoms with Crippen LogP contribution in [-0.2, 0) is 6.54 Å². The summed E-state index contributed by atoms with van der Waals surface area (Å²) in [6.07, 6.45) is 5.73. The van der Waals surface area contributed by atoms with Crippen molar-refractivity contribution in [2.75, 3.05) is 0 Å². The van der Waals surface area contributed by atoms with E-state index in [1.54, 1.807) is 24.3 Å². The lowest BCUT2D eigenvalue weighted by Gasteiger charge is -2.12. The summed E-state index contributed by atoms with van der Waals surface area (Å²) in [6.45, 7) is 2.50. The Morgan fingerprint density at radius 1 is 0.964 bits per heavy atom. The number of unbranched alkanes of at least 4 members (excludes halogenated alkanes) is 2. The molecule has 0 unspecified atom stereocenters. The molecule has 0 radical (unpaired) electrons. The summed E-state index contributed by atoms with van der Waals surface area (Å²) in [4.78, 5) is 41.3. The minimum Gasteiger partial charge on any atom is -0.267 e. The zero-order chi connectivity index (χ0) is 19.9. The van der Waals surface area contributed by atoms with Gasteiger partial charge in [0, 0.05) is 29.9 Å². The smallest absolute Gasteiger partial charge is 0.267 e. The van der Waals surface area contributed by atoms with Gasteiger partial charge in [-0.05, 0) is 24.6 Å². The summed E-state index contributed by atoms with van der Waals surface area (Å²) in [7, 11) is 0. The second-order valence-electron chi connectivity index (χ2n) is 6.27. The lowest BCUT2D eigenvalue weighted by molar-refractivity contribution is 0.0843. The number of fused-ring (bicyclic) bond motifs is 1. The van der Waals surface area contributed by atoms with Crippen LogP contribution in [-0.4, -0.2) is 26.6 Å². The van der Waals surface area contributed by atoms with Crippen molar-refractivity contribution in [3.05, 3.63) is 70.4 Å². The highest BCUT2D eigenvalue weighted by Gasteiger charge is 2.17. The van der Waals surface area contributed by atoms with Gasteiger partial charge in [-0.1, -0.05) is 38.0 Å². The molecule has 0 bridgehead atoms. The number of hydrazine groups is 1. The monoisotopic (exact) mass is 379 g/mol. The van der Waals surface area contributed by atoms with Crippen LogP contribution in [0.4, 0.5) is 0 Å². The van der Waals surface area contributed by atoms with Crippen LogP contribution in [0.2, 0.25) is 0 Å². The molecule has 0 aliphatic carbocycles. The molecule has 1 aromatic carbocycles. The third-order valence-corrected chi connectivity index (χ3v) is 4.29. The number of carbonyl (C=O) groups is 2. The molecular formula is C20H21N5O3. The van der Waals surface area contributed by atoms with Crippen LogP contribution in [0, 0.1) is 0 Å². The molecule has 8 nitrogen and oxygen atoms in total. The third kappa shape index (κ3) is 4.22. The first-order valence-corrected chi connectivity index (χ1v) is 9.12. The molecule has 2 N–H and O–H groups in total. The minimum absolute atomic E-state index is 0.0849. The number of pyridine rings is 1. The van der Waals surface area contributed by atoms with E-state index in [9.17, 15) is 14.4 Å². The van der Waals surface area contributed by atoms with Crippen molar-refractivity contribution in [2.45, 2.75) is 32.7 Å². The van der Waals surface area contributed by atoms with E-state index in [0.717, 1.165) is 19.3 Å². The van der Waals surface area contributed by atoms with Crippen LogP contribution < -0.4 is 16.4 Å². The number of benzene rings is 1. The van der Waals surface area contributed by atoms with E-state index in [1.807, 2.05) is 0 Å². The fourth-order valence-electron chi connectivity index (χ4n) is 2.81. The van der Waals surface area contributed by atoms with Crippen molar-refractivity contribution in [3.8, 4) is 0 Å². The van der Waals surface area contributed by atoms with Crippen LogP contribution in [0.1, 0.15) is 47.0 Å². The van der Waals surface area contributed by atoms with Crippen LogP contribution in [0.5, 0.6) is 0 Å². The van der Waals surface area contributed by atoms with Gasteiger partial charge in [0.05, 0.1) is 5.39 Å². The Kier molecular flexibility index (Phi) is 6.11. The van der Waals surface area contributed by atoms with Crippen molar-refractivity contribution in [1.29, 1.82) is 0 Å². The van der Waals surface area contributed by atoms with Gasteiger partial charge in [-0.15, -0.1) is 0 Å². The second-order valence-corrected chi connectivity index (χ2v) is 6.27. The van der Waals surface area contributed by atoms with E-state index in [1.165, 1.54) is 29.2 Å². The number of hydrogen-bond acceptors (Lipinski definition) is 5. The topological polar surface area (TPSA) is 106 Å². The van der Waals surface area contributed by atoms with E-state index in [4.69, 9.17) is 0 Å². The van der Waals surface area contributed by atoms with Gasteiger partial charge in [0.15, 0.2) is 5.69 Å². The summed E-state index contributed by atoms with van der Waals surface area (Å²) in [5.41, 5.74) is 4.93. The predicted molar refractivity (Wildman–Crippen MR) is 105 cm³/mol. The molecular weight excluding hydrogens is 358 g/mol. The van der Waals surface area contributed by atoms with E-state index in [0.29, 0.717) is 22.9 Å². The first kappa shape index (κ1) is 19.2. The highest BCUT2D eigenvalue weighted by Crippen LogP contribution is 2.13. The van der Waals surface area contributed by atoms with Gasteiger partial charge < -0.3 is 0 Å². The molecule has 0 aliphatic rings. The molecule has 3 rings (SSSR count). The number of carbonyl (C=O) groups excluding carboxylic acids is 2. The molecule has 3 aromatic rings. The van der Waals surface area contributed by atoms with Crippen molar-refractivity contribution in [2.24, 2.45) is 0 Å². The number of amides is 2. The standard InChI is InChI=1S/C20H21N5O3/c1-2-3-6-13-25-20(28)16-8-5-4-7-15(16)17(24-25)19(27)23-22-18(26)14-9-11-21-12-10-14/h4-5,7-12H,2-3,6,13H2,1H3,(H,22,26)(H,23,27). The molecule has 0 saturated heterocycles. The summed E-state index contributed by atoms with van der Waals surface area (Å²) < 4.78 is 1.32. The Morgan fingerprint density at radius 2 is 1.64 bits per heavy atom. The molecule has 8 heteroatoms. The van der Waals surface area contributed by atoms with E-state index in [-0.39, 0.29) is 11.3 Å². The summed E-state index contributed by atoms with van der Waals surface area (Å²) in [5, 5.41) is 5.11. The summed E-state index contributed by atoms with van der Waals surface area (Å²) in [5.74, 6) is -1.07. The molecule has 2 heterocycles. The zero-order valence-corrected chi connectivity index (χ0v) is 15.5. The van der Waals surface area contributed by atoms with Crippen molar-refractivity contribution < 1.29 is 9.59 Å². The molecule has 0 saturated carbocycles. The predicted octanol–water partition coefficient (Wildman–Crippen LogP) is 2.06. The number of aromatic nitrogens is 3. The van der Waals surface area contributed by atoms with Crippen LogP contribution >= 0.6 is 0 Å². The zero-order valence-electron chi connectivity index (χ0n) is 15.5. The maximum Gasteiger partial charge on any atom is 0.290 e. The van der Waals surface area contributed by atoms with Crippen molar-refractivity contribution in [1.82, 2.24) is 25.6 Å². The van der Waals surface area contributed by atoms with E-state index >= 15 is 0 Å². The fraction of sp³-hybridized carbons (Fsp3) is 0.250. The minimum atomic E-state index is -0.595. The Hall–Kier alpha value is -3.55. The molecule has 0 spiro atoms. The molecule has 2 amide bonds. The molecule has 0 atom stereocenters. The van der Waals surface area contributed by atoms with E-state index in [2.05, 4.69) is 27.9 Å². The van der Waals surface area contributed by atoms with Crippen LogP contribution in [0.15, 0.2) is 53.6 Å². The Bertz CT molecular complexity index is 1050. The normalized spacial score (nSPS) is 10.6. The van der Waals surface area contributed by atoms with Gasteiger partial charge in [-0.2, -0.15) is 5.10 Å². The Labute approximate surface area is 161 Å². The largest absolute Gasteiger partial charge is 0.290 e. The number of aryl methyl sites for hydroxylation is 1. The van der Waals surface area contributed by atoms with Gasteiger partial charge >= 0.3 is 0 Å². The van der Waals surface area contributed by atoms with E-state index < -0.39 is 11.8 Å². The fourth-order valence-corrected chi connectivity index (χ4v) is 2.81. The lowest BCUT2D eigenvalue weighted by Crippen LogP contribution is -2.42. The third-order valence-electron chi connectivity index (χ3n) is 4.29. The molecule has 2 aromatic heterocycles. The summed E-state index contributed by atoms with van der Waals surface area (Å²) >= 11 is 0. The number of nitrogens with zero attached hydrogens (tertiary/aromatic N) is 3.